The molecule has 0 unspecified atom stereocenters. The number of hydrogen-bond acceptors (Lipinski definition) is 2. The van der Waals surface area contributed by atoms with E-state index >= 15 is 0 Å². The van der Waals surface area contributed by atoms with Crippen LogP contribution in [0.5, 0.6) is 0 Å². The lowest BCUT2D eigenvalue weighted by atomic mass is 10.1. The van der Waals surface area contributed by atoms with E-state index in [1.165, 1.54) is 0 Å². The zero-order chi connectivity index (χ0) is 14.7. The number of rotatable bonds is 4. The summed E-state index contributed by atoms with van der Waals surface area (Å²) >= 11 is 5.92. The van der Waals surface area contributed by atoms with E-state index < -0.39 is 0 Å². The maximum Gasteiger partial charge on any atom is 0.114 e. The molecule has 1 aromatic heterocycles. The summed E-state index contributed by atoms with van der Waals surface area (Å²) in [6.07, 6.45) is 1.21. The molecule has 4 heteroatoms. The standard InChI is InChI=1S/C17H14ClN3/c18-14-8-6-13(7-9-14)12-17-20-15-4-1-2-5-16(15)21(17)11-3-10-19/h1-2,4-9H,3,11-12H2. The molecule has 0 aliphatic carbocycles. The van der Waals surface area contributed by atoms with Crippen molar-refractivity contribution in [2.75, 3.05) is 0 Å². The monoisotopic (exact) mass is 295 g/mol. The van der Waals surface area contributed by atoms with E-state index in [9.17, 15) is 0 Å². The lowest BCUT2D eigenvalue weighted by molar-refractivity contribution is 0.695. The Hall–Kier alpha value is -2.31. The molecule has 0 bridgehead atoms. The summed E-state index contributed by atoms with van der Waals surface area (Å²) in [5, 5.41) is 9.58. The number of nitriles is 1. The van der Waals surface area contributed by atoms with Crippen molar-refractivity contribution in [3.63, 3.8) is 0 Å². The third-order valence-corrected chi connectivity index (χ3v) is 3.71. The molecule has 104 valence electrons. The van der Waals surface area contributed by atoms with E-state index in [2.05, 4.69) is 10.6 Å². The van der Waals surface area contributed by atoms with Crippen molar-refractivity contribution in [2.24, 2.45) is 0 Å². The summed E-state index contributed by atoms with van der Waals surface area (Å²) in [6, 6.07) is 18.0. The second kappa shape index (κ2) is 5.99. The van der Waals surface area contributed by atoms with Gasteiger partial charge < -0.3 is 4.57 Å². The molecular weight excluding hydrogens is 282 g/mol. The van der Waals surface area contributed by atoms with Crippen LogP contribution in [0.1, 0.15) is 17.8 Å². The Morgan fingerprint density at radius 3 is 2.62 bits per heavy atom. The van der Waals surface area contributed by atoms with Crippen LogP contribution < -0.4 is 0 Å². The molecule has 0 atom stereocenters. The molecule has 0 saturated heterocycles. The predicted molar refractivity (Wildman–Crippen MR) is 84.2 cm³/mol. The maximum atomic E-state index is 8.85. The van der Waals surface area contributed by atoms with Gasteiger partial charge in [-0.25, -0.2) is 4.98 Å². The third-order valence-electron chi connectivity index (χ3n) is 3.46. The highest BCUT2D eigenvalue weighted by molar-refractivity contribution is 6.30. The van der Waals surface area contributed by atoms with E-state index in [4.69, 9.17) is 21.8 Å². The molecule has 0 fully saturated rings. The van der Waals surface area contributed by atoms with Crippen LogP contribution >= 0.6 is 11.6 Å². The number of aromatic nitrogens is 2. The van der Waals surface area contributed by atoms with Gasteiger partial charge >= 0.3 is 0 Å². The largest absolute Gasteiger partial charge is 0.327 e. The van der Waals surface area contributed by atoms with Crippen molar-refractivity contribution in [3.8, 4) is 6.07 Å². The van der Waals surface area contributed by atoms with Gasteiger partial charge in [-0.05, 0) is 29.8 Å². The summed E-state index contributed by atoms with van der Waals surface area (Å²) in [5.41, 5.74) is 3.21. The van der Waals surface area contributed by atoms with Crippen molar-refractivity contribution in [1.29, 1.82) is 5.26 Å². The first-order valence-corrected chi connectivity index (χ1v) is 7.21. The number of hydrogen-bond donors (Lipinski definition) is 0. The SMILES string of the molecule is N#CCCn1c(Cc2ccc(Cl)cc2)nc2ccccc21. The quantitative estimate of drug-likeness (QED) is 0.724. The molecule has 3 aromatic rings. The molecule has 3 nitrogen and oxygen atoms in total. The molecule has 0 saturated carbocycles. The summed E-state index contributed by atoms with van der Waals surface area (Å²) in [6.45, 7) is 0.667. The predicted octanol–water partition coefficient (Wildman–Crippen LogP) is 4.19. The zero-order valence-corrected chi connectivity index (χ0v) is 12.2. The van der Waals surface area contributed by atoms with Gasteiger partial charge in [-0.3, -0.25) is 0 Å². The molecule has 0 radical (unpaired) electrons. The van der Waals surface area contributed by atoms with Crippen molar-refractivity contribution < 1.29 is 0 Å². The topological polar surface area (TPSA) is 41.6 Å². The number of imidazole rings is 1. The van der Waals surface area contributed by atoms with Crippen LogP contribution in [0.15, 0.2) is 48.5 Å². The van der Waals surface area contributed by atoms with Gasteiger partial charge in [0.05, 0.1) is 23.5 Å². The van der Waals surface area contributed by atoms with Gasteiger partial charge in [-0.1, -0.05) is 35.9 Å². The highest BCUT2D eigenvalue weighted by Gasteiger charge is 2.10. The molecule has 2 aromatic carbocycles. The van der Waals surface area contributed by atoms with E-state index in [0.717, 1.165) is 33.9 Å². The van der Waals surface area contributed by atoms with Crippen LogP contribution in [0.4, 0.5) is 0 Å². The highest BCUT2D eigenvalue weighted by Crippen LogP contribution is 2.20. The van der Waals surface area contributed by atoms with Gasteiger partial charge in [0.1, 0.15) is 5.82 Å². The van der Waals surface area contributed by atoms with Gasteiger partial charge in [0.2, 0.25) is 0 Å². The number of halogens is 1. The Labute approximate surface area is 128 Å². The molecule has 0 aliphatic rings. The average Bonchev–Trinajstić information content (AvgIpc) is 2.85. The fourth-order valence-corrected chi connectivity index (χ4v) is 2.58. The minimum absolute atomic E-state index is 0.480. The lowest BCUT2D eigenvalue weighted by Gasteiger charge is -2.07. The van der Waals surface area contributed by atoms with Gasteiger partial charge in [0.25, 0.3) is 0 Å². The summed E-state index contributed by atoms with van der Waals surface area (Å²) in [4.78, 5) is 4.70. The van der Waals surface area contributed by atoms with E-state index in [0.29, 0.717) is 13.0 Å². The number of para-hydroxylation sites is 2. The first-order valence-electron chi connectivity index (χ1n) is 6.83. The minimum atomic E-state index is 0.480. The van der Waals surface area contributed by atoms with Gasteiger partial charge in [0.15, 0.2) is 0 Å². The van der Waals surface area contributed by atoms with E-state index in [1.54, 1.807) is 0 Å². The van der Waals surface area contributed by atoms with E-state index in [1.807, 2.05) is 48.5 Å². The first-order chi connectivity index (χ1) is 10.3. The summed E-state index contributed by atoms with van der Waals surface area (Å²) in [7, 11) is 0. The van der Waals surface area contributed by atoms with Crippen LogP contribution in [0.2, 0.25) is 5.02 Å². The summed E-state index contributed by atoms with van der Waals surface area (Å²) in [5.74, 6) is 0.980. The Morgan fingerprint density at radius 1 is 1.10 bits per heavy atom. The molecule has 0 N–H and O–H groups in total. The number of benzene rings is 2. The van der Waals surface area contributed by atoms with Crippen molar-refractivity contribution in [3.05, 3.63) is 64.9 Å². The second-order valence-corrected chi connectivity index (χ2v) is 5.32. The normalized spacial score (nSPS) is 10.7. The molecule has 0 amide bonds. The highest BCUT2D eigenvalue weighted by atomic mass is 35.5. The summed E-state index contributed by atoms with van der Waals surface area (Å²) < 4.78 is 2.13. The number of nitrogens with zero attached hydrogens (tertiary/aromatic N) is 3. The fourth-order valence-electron chi connectivity index (χ4n) is 2.46. The Balaban J connectivity index is 2.00. The third kappa shape index (κ3) is 2.91. The molecule has 0 aliphatic heterocycles. The van der Waals surface area contributed by atoms with Crippen molar-refractivity contribution in [2.45, 2.75) is 19.4 Å². The van der Waals surface area contributed by atoms with Crippen LogP contribution in [-0.2, 0) is 13.0 Å². The average molecular weight is 296 g/mol. The van der Waals surface area contributed by atoms with Crippen LogP contribution in [0, 0.1) is 11.3 Å². The Morgan fingerprint density at radius 2 is 1.86 bits per heavy atom. The second-order valence-electron chi connectivity index (χ2n) is 4.88. The van der Waals surface area contributed by atoms with Crippen molar-refractivity contribution in [1.82, 2.24) is 9.55 Å². The molecule has 21 heavy (non-hydrogen) atoms. The van der Waals surface area contributed by atoms with Crippen LogP contribution in [0.3, 0.4) is 0 Å². The lowest BCUT2D eigenvalue weighted by Crippen LogP contribution is -2.04. The maximum absolute atomic E-state index is 8.85. The molecule has 0 spiro atoms. The van der Waals surface area contributed by atoms with Crippen LogP contribution in [0.25, 0.3) is 11.0 Å². The Kier molecular flexibility index (Phi) is 3.89. The molecule has 3 rings (SSSR count). The van der Waals surface area contributed by atoms with Gasteiger partial charge in [-0.2, -0.15) is 5.26 Å². The first kappa shape index (κ1) is 13.7. The van der Waals surface area contributed by atoms with Gasteiger partial charge in [-0.15, -0.1) is 0 Å². The van der Waals surface area contributed by atoms with Gasteiger partial charge in [0, 0.05) is 18.0 Å². The Bertz CT molecular complexity index is 797. The number of fused-ring (bicyclic) bond motifs is 1. The smallest absolute Gasteiger partial charge is 0.114 e. The number of aryl methyl sites for hydroxylation is 1. The minimum Gasteiger partial charge on any atom is -0.327 e. The van der Waals surface area contributed by atoms with Crippen LogP contribution in [-0.4, -0.2) is 9.55 Å². The zero-order valence-electron chi connectivity index (χ0n) is 11.5. The van der Waals surface area contributed by atoms with Crippen molar-refractivity contribution >= 4 is 22.6 Å². The fraction of sp³-hybridized carbons (Fsp3) is 0.176. The van der Waals surface area contributed by atoms with E-state index in [-0.39, 0.29) is 0 Å². The molecule has 1 heterocycles. The molecular formula is C17H14ClN3.